The summed E-state index contributed by atoms with van der Waals surface area (Å²) in [7, 11) is 1.29. The van der Waals surface area contributed by atoms with Crippen molar-refractivity contribution in [3.8, 4) is 0 Å². The number of fused-ring (bicyclic) bond motifs is 1. The van der Waals surface area contributed by atoms with Crippen molar-refractivity contribution >= 4 is 29.5 Å². The van der Waals surface area contributed by atoms with Gasteiger partial charge in [-0.2, -0.15) is 0 Å². The normalized spacial score (nSPS) is 27.2. The van der Waals surface area contributed by atoms with Gasteiger partial charge in [-0.3, -0.25) is 29.2 Å². The summed E-state index contributed by atoms with van der Waals surface area (Å²) in [4.78, 5) is 67.7. The monoisotopic (exact) mass is 571 g/mol. The van der Waals surface area contributed by atoms with Crippen LogP contribution in [0.4, 0.5) is 0 Å². The minimum Gasteiger partial charge on any atom is -0.343 e. The molecule has 5 amide bonds. The fourth-order valence-corrected chi connectivity index (χ4v) is 5.45. The Morgan fingerprint density at radius 3 is 2.37 bits per heavy atom. The number of carbonyl (C=O) groups is 5. The Morgan fingerprint density at radius 1 is 1.02 bits per heavy atom. The molecular weight excluding hydrogens is 526 g/mol. The third-order valence-electron chi connectivity index (χ3n) is 8.22. The van der Waals surface area contributed by atoms with Crippen LogP contribution in [0.25, 0.3) is 0 Å². The number of hydrogen-bond donors (Lipinski definition) is 4. The predicted octanol–water partition coefficient (Wildman–Crippen LogP) is 1.92. The average molecular weight is 572 g/mol. The molecule has 2 heterocycles. The Balaban J connectivity index is 1.80. The number of carbonyl (C=O) groups excluding carboxylic acids is 5. The summed E-state index contributed by atoms with van der Waals surface area (Å²) >= 11 is 0. The molecule has 0 saturated carbocycles. The molecule has 1 aromatic carbocycles. The smallest absolute Gasteiger partial charge is 0.246 e. The van der Waals surface area contributed by atoms with E-state index in [0.29, 0.717) is 37.3 Å². The van der Waals surface area contributed by atoms with Crippen LogP contribution in [0.2, 0.25) is 0 Å². The summed E-state index contributed by atoms with van der Waals surface area (Å²) in [6.07, 6.45) is 4.25. The molecule has 11 nitrogen and oxygen atoms in total. The molecule has 0 aliphatic carbocycles. The molecule has 2 saturated heterocycles. The van der Waals surface area contributed by atoms with Crippen molar-refractivity contribution in [2.45, 2.75) is 102 Å². The van der Waals surface area contributed by atoms with E-state index >= 15 is 0 Å². The van der Waals surface area contributed by atoms with Gasteiger partial charge >= 0.3 is 0 Å². The van der Waals surface area contributed by atoms with E-state index in [2.05, 4.69) is 16.0 Å². The van der Waals surface area contributed by atoms with Crippen LogP contribution in [0.1, 0.15) is 77.7 Å². The summed E-state index contributed by atoms with van der Waals surface area (Å²) in [5.74, 6) is -1.85. The lowest BCUT2D eigenvalue weighted by Gasteiger charge is -2.36. The van der Waals surface area contributed by atoms with Gasteiger partial charge in [-0.15, -0.1) is 0 Å². The van der Waals surface area contributed by atoms with E-state index in [1.807, 2.05) is 37.3 Å². The number of hydrogen-bond acceptors (Lipinski definition) is 6. The van der Waals surface area contributed by atoms with Gasteiger partial charge < -0.3 is 20.9 Å². The second kappa shape index (κ2) is 14.4. The zero-order chi connectivity index (χ0) is 30.2. The van der Waals surface area contributed by atoms with Gasteiger partial charge in [0.1, 0.15) is 23.7 Å². The molecule has 0 aromatic heterocycles. The van der Waals surface area contributed by atoms with Crippen LogP contribution in [0.5, 0.6) is 0 Å². The molecule has 4 N–H and O–H groups in total. The molecule has 0 unspecified atom stereocenters. The van der Waals surface area contributed by atoms with Crippen LogP contribution in [-0.4, -0.2) is 82.0 Å². The summed E-state index contributed by atoms with van der Waals surface area (Å²) in [5, 5.41) is 18.4. The quantitative estimate of drug-likeness (QED) is 0.192. The molecule has 3 rings (SSSR count). The van der Waals surface area contributed by atoms with Crippen molar-refractivity contribution in [3.05, 3.63) is 35.9 Å². The van der Waals surface area contributed by atoms with Gasteiger partial charge in [-0.05, 0) is 44.1 Å². The van der Waals surface area contributed by atoms with Crippen LogP contribution in [0.15, 0.2) is 30.3 Å². The highest BCUT2D eigenvalue weighted by Crippen LogP contribution is 2.26. The Morgan fingerprint density at radius 2 is 1.71 bits per heavy atom. The maximum Gasteiger partial charge on any atom is 0.246 e. The summed E-state index contributed by atoms with van der Waals surface area (Å²) in [6.45, 7) is 5.79. The fourth-order valence-electron chi connectivity index (χ4n) is 5.45. The minimum absolute atomic E-state index is 0.0850. The lowest BCUT2D eigenvalue weighted by atomic mass is 9.94. The molecule has 0 bridgehead atoms. The lowest BCUT2D eigenvalue weighted by Crippen LogP contribution is -2.65. The highest BCUT2D eigenvalue weighted by atomic mass is 16.5. The molecular formula is C30H45N5O6. The van der Waals surface area contributed by atoms with Crippen molar-refractivity contribution < 1.29 is 29.2 Å². The van der Waals surface area contributed by atoms with Crippen molar-refractivity contribution in [2.75, 3.05) is 13.6 Å². The van der Waals surface area contributed by atoms with E-state index in [1.165, 1.54) is 7.05 Å². The highest BCUT2D eigenvalue weighted by Gasteiger charge is 2.44. The van der Waals surface area contributed by atoms with Gasteiger partial charge in [0.15, 0.2) is 0 Å². The number of amides is 5. The highest BCUT2D eigenvalue weighted by molar-refractivity contribution is 5.99. The Labute approximate surface area is 242 Å². The second-order valence-electron chi connectivity index (χ2n) is 11.7. The van der Waals surface area contributed by atoms with Gasteiger partial charge in [0.25, 0.3) is 0 Å². The number of nitrogens with zero attached hydrogens (tertiary/aromatic N) is 2. The standard InChI is InChI=1S/C30H45N5O6/c1-5-30(3)29(40)32-23(18-21-13-9-8-10-14-21)28(39)35-19-20(2)17-24(35)27(38)31-22(26(37)33-30)15-11-6-7-12-16-25(36)34(4)41/h8-10,13-14,20,22-24,41H,5-7,11-12,15-19H2,1-4H3,(H,31,38)(H,32,40)(H,33,37)/t20-,22-,23-,24+,30-/m0/s1. The lowest BCUT2D eigenvalue weighted by molar-refractivity contribution is -0.159. The van der Waals surface area contributed by atoms with Crippen LogP contribution >= 0.6 is 0 Å². The topological polar surface area (TPSA) is 148 Å². The van der Waals surface area contributed by atoms with Crippen molar-refractivity contribution in [1.29, 1.82) is 0 Å². The number of nitrogens with one attached hydrogen (secondary N) is 3. The predicted molar refractivity (Wildman–Crippen MR) is 152 cm³/mol. The van der Waals surface area contributed by atoms with Gasteiger partial charge in [0, 0.05) is 26.4 Å². The fraction of sp³-hybridized carbons (Fsp3) is 0.633. The minimum atomic E-state index is -1.29. The van der Waals surface area contributed by atoms with Crippen molar-refractivity contribution in [1.82, 2.24) is 25.9 Å². The average Bonchev–Trinajstić information content (AvgIpc) is 3.34. The summed E-state index contributed by atoms with van der Waals surface area (Å²) in [5.41, 5.74) is -0.412. The largest absolute Gasteiger partial charge is 0.343 e. The van der Waals surface area contributed by atoms with E-state index in [9.17, 15) is 29.2 Å². The van der Waals surface area contributed by atoms with Gasteiger partial charge in [-0.25, -0.2) is 5.06 Å². The van der Waals surface area contributed by atoms with E-state index in [-0.39, 0.29) is 42.9 Å². The number of rotatable bonds is 10. The molecule has 2 aliphatic rings. The first-order chi connectivity index (χ1) is 19.4. The third kappa shape index (κ3) is 8.51. The first kappa shape index (κ1) is 32.0. The molecule has 5 atom stereocenters. The molecule has 2 fully saturated rings. The van der Waals surface area contributed by atoms with E-state index in [0.717, 1.165) is 18.4 Å². The first-order valence-electron chi connectivity index (χ1n) is 14.7. The Bertz CT molecular complexity index is 1100. The zero-order valence-corrected chi connectivity index (χ0v) is 24.7. The van der Waals surface area contributed by atoms with Crippen molar-refractivity contribution in [3.63, 3.8) is 0 Å². The van der Waals surface area contributed by atoms with E-state index < -0.39 is 35.5 Å². The second-order valence-corrected chi connectivity index (χ2v) is 11.7. The summed E-state index contributed by atoms with van der Waals surface area (Å²) in [6, 6.07) is 6.90. The van der Waals surface area contributed by atoms with Crippen molar-refractivity contribution in [2.24, 2.45) is 5.92 Å². The molecule has 11 heteroatoms. The number of hydroxylamine groups is 2. The molecule has 2 aliphatic heterocycles. The first-order valence-corrected chi connectivity index (χ1v) is 14.7. The molecule has 0 spiro atoms. The van der Waals surface area contributed by atoms with Gasteiger partial charge in [-0.1, -0.05) is 63.4 Å². The number of unbranched alkanes of at least 4 members (excludes halogenated alkanes) is 3. The zero-order valence-electron chi connectivity index (χ0n) is 24.7. The molecule has 1 aromatic rings. The molecule has 226 valence electrons. The third-order valence-corrected chi connectivity index (χ3v) is 8.22. The number of benzene rings is 1. The van der Waals surface area contributed by atoms with E-state index in [4.69, 9.17) is 0 Å². The Hall–Kier alpha value is -3.47. The Kier molecular flexibility index (Phi) is 11.3. The van der Waals surface area contributed by atoms with E-state index in [1.54, 1.807) is 18.7 Å². The summed E-state index contributed by atoms with van der Waals surface area (Å²) < 4.78 is 0. The van der Waals surface area contributed by atoms with Crippen LogP contribution in [0.3, 0.4) is 0 Å². The molecule has 0 radical (unpaired) electrons. The maximum atomic E-state index is 13.9. The van der Waals surface area contributed by atoms with Crippen LogP contribution < -0.4 is 16.0 Å². The molecule has 41 heavy (non-hydrogen) atoms. The van der Waals surface area contributed by atoms with Gasteiger partial charge in [0.05, 0.1) is 0 Å². The van der Waals surface area contributed by atoms with Crippen LogP contribution in [0, 0.1) is 5.92 Å². The van der Waals surface area contributed by atoms with Crippen LogP contribution in [-0.2, 0) is 30.4 Å². The maximum absolute atomic E-state index is 13.9. The SMILES string of the molecule is CC[C@]1(C)NC(=O)[C@H](CCCCCCC(=O)N(C)O)NC(=O)[C@H]2C[C@H](C)CN2C(=O)[C@H](Cc2ccccc2)NC1=O. The van der Waals surface area contributed by atoms with Gasteiger partial charge in [0.2, 0.25) is 29.5 Å².